The van der Waals surface area contributed by atoms with Crippen LogP contribution in [0.15, 0.2) is 42.0 Å². The van der Waals surface area contributed by atoms with Crippen LogP contribution in [0.1, 0.15) is 42.7 Å². The average molecular weight is 346 g/mol. The Kier molecular flexibility index (Phi) is 6.37. The standard InChI is InChI=1S/C19H27N3OS/c1-15(12-18(23)19-5-3-11-24-19)21-17-6-9-22(10-7-17)14-16-4-2-8-20-13-16/h2-5,8,11,13,15,17-18,21,23H,6-7,9-10,12,14H2,1H3. The first-order valence-corrected chi connectivity index (χ1v) is 9.67. The number of nitrogens with one attached hydrogen (secondary N) is 1. The van der Waals surface area contributed by atoms with Gasteiger partial charge in [0.05, 0.1) is 6.10 Å². The second kappa shape index (κ2) is 8.72. The van der Waals surface area contributed by atoms with E-state index in [1.54, 1.807) is 11.3 Å². The van der Waals surface area contributed by atoms with Crippen LogP contribution in [0.2, 0.25) is 0 Å². The molecule has 1 aliphatic heterocycles. The van der Waals surface area contributed by atoms with Crippen molar-refractivity contribution < 1.29 is 5.11 Å². The van der Waals surface area contributed by atoms with Gasteiger partial charge >= 0.3 is 0 Å². The maximum Gasteiger partial charge on any atom is 0.0896 e. The molecule has 0 aromatic carbocycles. The average Bonchev–Trinajstić information content (AvgIpc) is 3.12. The van der Waals surface area contributed by atoms with E-state index in [4.69, 9.17) is 0 Å². The zero-order chi connectivity index (χ0) is 16.8. The van der Waals surface area contributed by atoms with Gasteiger partial charge in [-0.05, 0) is 62.4 Å². The molecule has 24 heavy (non-hydrogen) atoms. The fourth-order valence-corrected chi connectivity index (χ4v) is 4.13. The van der Waals surface area contributed by atoms with Crippen molar-refractivity contribution in [2.24, 2.45) is 0 Å². The van der Waals surface area contributed by atoms with Gasteiger partial charge in [0.25, 0.3) is 0 Å². The molecule has 2 atom stereocenters. The summed E-state index contributed by atoms with van der Waals surface area (Å²) in [6, 6.07) is 9.05. The number of piperidine rings is 1. The fraction of sp³-hybridized carbons (Fsp3) is 0.526. The SMILES string of the molecule is CC(CC(O)c1cccs1)NC1CCN(Cc2cccnc2)CC1. The third-order valence-corrected chi connectivity index (χ3v) is 5.66. The van der Waals surface area contributed by atoms with Crippen LogP contribution >= 0.6 is 11.3 Å². The number of rotatable bonds is 7. The Morgan fingerprint density at radius 3 is 2.83 bits per heavy atom. The van der Waals surface area contributed by atoms with Crippen LogP contribution in [0.5, 0.6) is 0 Å². The molecule has 2 unspecified atom stereocenters. The normalized spacial score (nSPS) is 19.2. The zero-order valence-corrected chi connectivity index (χ0v) is 15.1. The topological polar surface area (TPSA) is 48.4 Å². The number of pyridine rings is 1. The number of thiophene rings is 1. The second-order valence-corrected chi connectivity index (χ2v) is 7.73. The quantitative estimate of drug-likeness (QED) is 0.809. The van der Waals surface area contributed by atoms with Gasteiger partial charge < -0.3 is 10.4 Å². The molecule has 3 heterocycles. The van der Waals surface area contributed by atoms with Crippen molar-refractivity contribution in [1.82, 2.24) is 15.2 Å². The Hall–Kier alpha value is -1.27. The summed E-state index contributed by atoms with van der Waals surface area (Å²) in [7, 11) is 0. The van der Waals surface area contributed by atoms with Gasteiger partial charge in [0.15, 0.2) is 0 Å². The minimum Gasteiger partial charge on any atom is -0.388 e. The van der Waals surface area contributed by atoms with Crippen molar-refractivity contribution >= 4 is 11.3 Å². The molecule has 4 nitrogen and oxygen atoms in total. The first-order chi connectivity index (χ1) is 11.7. The summed E-state index contributed by atoms with van der Waals surface area (Å²) in [4.78, 5) is 7.76. The molecule has 130 valence electrons. The van der Waals surface area contributed by atoms with Crippen LogP contribution in [-0.2, 0) is 6.54 Å². The van der Waals surface area contributed by atoms with Crippen LogP contribution in [0.25, 0.3) is 0 Å². The molecule has 0 bridgehead atoms. The minimum atomic E-state index is -0.349. The minimum absolute atomic E-state index is 0.331. The summed E-state index contributed by atoms with van der Waals surface area (Å²) < 4.78 is 0. The highest BCUT2D eigenvalue weighted by atomic mass is 32.1. The van der Waals surface area contributed by atoms with E-state index in [2.05, 4.69) is 28.2 Å². The Morgan fingerprint density at radius 2 is 2.17 bits per heavy atom. The number of aliphatic hydroxyl groups is 1. The van der Waals surface area contributed by atoms with Crippen molar-refractivity contribution in [2.75, 3.05) is 13.1 Å². The molecule has 0 saturated carbocycles. The largest absolute Gasteiger partial charge is 0.388 e. The Balaban J connectivity index is 1.39. The number of aromatic nitrogens is 1. The molecule has 0 spiro atoms. The molecular weight excluding hydrogens is 318 g/mol. The van der Waals surface area contributed by atoms with Crippen molar-refractivity contribution in [2.45, 2.75) is 50.9 Å². The highest BCUT2D eigenvalue weighted by Gasteiger charge is 2.22. The molecular formula is C19H27N3OS. The van der Waals surface area contributed by atoms with Crippen LogP contribution in [-0.4, -0.2) is 40.2 Å². The third kappa shape index (κ3) is 5.11. The molecule has 1 fully saturated rings. The number of likely N-dealkylation sites (tertiary alicyclic amines) is 1. The molecule has 2 aromatic heterocycles. The molecule has 0 radical (unpaired) electrons. The van der Waals surface area contributed by atoms with E-state index in [0.717, 1.165) is 30.9 Å². The van der Waals surface area contributed by atoms with E-state index in [0.29, 0.717) is 12.1 Å². The van der Waals surface area contributed by atoms with Gasteiger partial charge in [0, 0.05) is 35.9 Å². The molecule has 5 heteroatoms. The van der Waals surface area contributed by atoms with Gasteiger partial charge in [-0.25, -0.2) is 0 Å². The lowest BCUT2D eigenvalue weighted by Crippen LogP contribution is -2.45. The number of aliphatic hydroxyl groups excluding tert-OH is 1. The summed E-state index contributed by atoms with van der Waals surface area (Å²) in [5, 5.41) is 16.0. The lowest BCUT2D eigenvalue weighted by molar-refractivity contribution is 0.143. The predicted molar refractivity (Wildman–Crippen MR) is 99.0 cm³/mol. The lowest BCUT2D eigenvalue weighted by Gasteiger charge is -2.34. The molecule has 0 aliphatic carbocycles. The van der Waals surface area contributed by atoms with Crippen molar-refractivity contribution in [3.05, 3.63) is 52.5 Å². The van der Waals surface area contributed by atoms with E-state index >= 15 is 0 Å². The molecule has 3 rings (SSSR count). The number of hydrogen-bond donors (Lipinski definition) is 2. The maximum atomic E-state index is 10.3. The Labute approximate surface area is 148 Å². The van der Waals surface area contributed by atoms with E-state index in [9.17, 15) is 5.11 Å². The Morgan fingerprint density at radius 1 is 1.33 bits per heavy atom. The number of nitrogens with zero attached hydrogens (tertiary/aromatic N) is 2. The van der Waals surface area contributed by atoms with Crippen LogP contribution in [0.3, 0.4) is 0 Å². The number of hydrogen-bond acceptors (Lipinski definition) is 5. The fourth-order valence-electron chi connectivity index (χ4n) is 3.41. The van der Waals surface area contributed by atoms with Crippen LogP contribution in [0.4, 0.5) is 0 Å². The van der Waals surface area contributed by atoms with Gasteiger partial charge in [0.2, 0.25) is 0 Å². The maximum absolute atomic E-state index is 10.3. The molecule has 0 amide bonds. The third-order valence-electron chi connectivity index (χ3n) is 4.69. The highest BCUT2D eigenvalue weighted by molar-refractivity contribution is 7.10. The van der Waals surface area contributed by atoms with Gasteiger partial charge in [-0.3, -0.25) is 9.88 Å². The summed E-state index contributed by atoms with van der Waals surface area (Å²) >= 11 is 1.63. The second-order valence-electron chi connectivity index (χ2n) is 6.75. The van der Waals surface area contributed by atoms with E-state index in [1.165, 1.54) is 18.4 Å². The van der Waals surface area contributed by atoms with E-state index < -0.39 is 0 Å². The van der Waals surface area contributed by atoms with Crippen LogP contribution < -0.4 is 5.32 Å². The van der Waals surface area contributed by atoms with Gasteiger partial charge in [-0.2, -0.15) is 0 Å². The summed E-state index contributed by atoms with van der Waals surface area (Å²) in [5.41, 5.74) is 1.29. The lowest BCUT2D eigenvalue weighted by atomic mass is 10.0. The highest BCUT2D eigenvalue weighted by Crippen LogP contribution is 2.23. The molecule has 1 saturated heterocycles. The molecule has 1 aliphatic rings. The first kappa shape index (κ1) is 17.5. The summed E-state index contributed by atoms with van der Waals surface area (Å²) in [6.45, 7) is 5.41. The van der Waals surface area contributed by atoms with E-state index in [-0.39, 0.29) is 6.10 Å². The summed E-state index contributed by atoms with van der Waals surface area (Å²) in [5.74, 6) is 0. The smallest absolute Gasteiger partial charge is 0.0896 e. The van der Waals surface area contributed by atoms with Crippen molar-refractivity contribution in [3.63, 3.8) is 0 Å². The van der Waals surface area contributed by atoms with E-state index in [1.807, 2.05) is 36.0 Å². The van der Waals surface area contributed by atoms with Crippen molar-refractivity contribution in [1.29, 1.82) is 0 Å². The Bertz CT molecular complexity index is 582. The zero-order valence-electron chi connectivity index (χ0n) is 14.3. The molecule has 2 aromatic rings. The van der Waals surface area contributed by atoms with Crippen LogP contribution in [0, 0.1) is 0 Å². The summed E-state index contributed by atoms with van der Waals surface area (Å²) in [6.07, 6.45) is 6.54. The predicted octanol–water partition coefficient (Wildman–Crippen LogP) is 3.21. The van der Waals surface area contributed by atoms with Gasteiger partial charge in [-0.1, -0.05) is 12.1 Å². The van der Waals surface area contributed by atoms with Gasteiger partial charge in [0.1, 0.15) is 0 Å². The van der Waals surface area contributed by atoms with Crippen molar-refractivity contribution in [3.8, 4) is 0 Å². The first-order valence-electron chi connectivity index (χ1n) is 8.79. The monoisotopic (exact) mass is 345 g/mol. The molecule has 2 N–H and O–H groups in total. The van der Waals surface area contributed by atoms with Gasteiger partial charge in [-0.15, -0.1) is 11.3 Å².